The summed E-state index contributed by atoms with van der Waals surface area (Å²) in [5, 5.41) is 66.8. The van der Waals surface area contributed by atoms with Crippen LogP contribution in [0.15, 0.2) is 30.3 Å². The predicted octanol–water partition coefficient (Wildman–Crippen LogP) is -3.59. The lowest BCUT2D eigenvalue weighted by Gasteiger charge is -2.30. The summed E-state index contributed by atoms with van der Waals surface area (Å²) in [6.45, 7) is 9.99. The van der Waals surface area contributed by atoms with Crippen molar-refractivity contribution in [2.24, 2.45) is 29.2 Å². The molecule has 0 unspecified atom stereocenters. The van der Waals surface area contributed by atoms with Crippen LogP contribution in [0, 0.1) is 23.2 Å². The number of carbonyl (C=O) groups excluding carboxylic acids is 7. The molecule has 10 atom stereocenters. The van der Waals surface area contributed by atoms with E-state index in [1.807, 2.05) is 13.8 Å². The molecule has 0 radical (unpaired) electrons. The van der Waals surface area contributed by atoms with Crippen LogP contribution in [-0.2, 0) is 44.8 Å². The summed E-state index contributed by atoms with van der Waals surface area (Å²) in [4.78, 5) is 106. The second kappa shape index (κ2) is 28.8. The Bertz CT molecular complexity index is 1750. The molecule has 65 heavy (non-hydrogen) atoms. The van der Waals surface area contributed by atoms with Gasteiger partial charge in [0.25, 0.3) is 0 Å². The Morgan fingerprint density at radius 2 is 1.25 bits per heavy atom. The molecule has 0 saturated heterocycles. The first-order chi connectivity index (χ1) is 30.4. The fourth-order valence-corrected chi connectivity index (χ4v) is 6.25. The maximum atomic E-state index is 14.0. The molecule has 1 aromatic rings. The summed E-state index contributed by atoms with van der Waals surface area (Å²) in [6, 6.07) is -1.44. The van der Waals surface area contributed by atoms with Gasteiger partial charge in [0.15, 0.2) is 5.96 Å². The summed E-state index contributed by atoms with van der Waals surface area (Å²) in [5.74, 6) is -9.01. The molecular weight excluding hydrogens is 851 g/mol. The first kappa shape index (κ1) is 57.1. The number of rotatable bonds is 29. The number of amides is 7. The van der Waals surface area contributed by atoms with Gasteiger partial charge in [-0.1, -0.05) is 78.3 Å². The normalized spacial score (nSPS) is 15.8. The highest BCUT2D eigenvalue weighted by Crippen LogP contribution is 2.13. The second-order valence-corrected chi connectivity index (χ2v) is 16.7. The number of nitrogens with two attached hydrogens (primary N) is 2. The lowest BCUT2D eigenvalue weighted by atomic mass is 9.96. The van der Waals surface area contributed by atoms with Crippen molar-refractivity contribution in [2.45, 2.75) is 135 Å². The average Bonchev–Trinajstić information content (AvgIpc) is 3.24. The first-order valence-corrected chi connectivity index (χ1v) is 21.6. The van der Waals surface area contributed by atoms with Gasteiger partial charge in [-0.15, -0.1) is 0 Å². The number of aliphatic hydroxyl groups is 3. The molecule has 7 amide bonds. The summed E-state index contributed by atoms with van der Waals surface area (Å²) in [7, 11) is 0. The smallest absolute Gasteiger partial charge is 0.328 e. The van der Waals surface area contributed by atoms with Crippen molar-refractivity contribution in [3.63, 3.8) is 0 Å². The molecule has 17 N–H and O–H groups in total. The van der Waals surface area contributed by atoms with Crippen molar-refractivity contribution >= 4 is 53.3 Å². The SMILES string of the molecule is CC[C@H](C)[C@H](NC(=O)[C@@H](CCCNC(=N)N)NC(=O)[C@H](CC(C)C)NC(=O)[C@@H](N)[C@H](O)C(C)C)C(=O)N[C@H](C(=O)NCC(=O)N[C@@H](Cc1ccccc1)C(=O)N[C@@H](CO)C(=O)O)[C@H](C)O. The molecule has 0 spiro atoms. The number of benzene rings is 1. The number of hydrogen-bond acceptors (Lipinski definition) is 13. The highest BCUT2D eigenvalue weighted by molar-refractivity contribution is 5.97. The van der Waals surface area contributed by atoms with Gasteiger partial charge in [-0.3, -0.25) is 39.0 Å². The van der Waals surface area contributed by atoms with E-state index in [9.17, 15) is 58.8 Å². The highest BCUT2D eigenvalue weighted by Gasteiger charge is 2.36. The number of carbonyl (C=O) groups is 8. The Labute approximate surface area is 379 Å². The molecule has 0 bridgehead atoms. The van der Waals surface area contributed by atoms with Crippen LogP contribution in [0.3, 0.4) is 0 Å². The predicted molar refractivity (Wildman–Crippen MR) is 238 cm³/mol. The number of carboxylic acids is 1. The Balaban J connectivity index is 3.27. The topological polar surface area (TPSA) is 390 Å². The minimum absolute atomic E-state index is 0.0309. The van der Waals surface area contributed by atoms with Gasteiger partial charge in [0.05, 0.1) is 25.4 Å². The summed E-state index contributed by atoms with van der Waals surface area (Å²) < 4.78 is 0. The van der Waals surface area contributed by atoms with Gasteiger partial charge < -0.3 is 74.4 Å². The summed E-state index contributed by atoms with van der Waals surface area (Å²) in [6.07, 6.45) is -2.20. The molecule has 0 saturated carbocycles. The minimum atomic E-state index is -1.67. The maximum absolute atomic E-state index is 14.0. The van der Waals surface area contributed by atoms with E-state index in [1.165, 1.54) is 6.92 Å². The molecule has 366 valence electrons. The van der Waals surface area contributed by atoms with E-state index >= 15 is 0 Å². The highest BCUT2D eigenvalue weighted by atomic mass is 16.4. The van der Waals surface area contributed by atoms with Gasteiger partial charge >= 0.3 is 5.97 Å². The lowest BCUT2D eigenvalue weighted by molar-refractivity contribution is -0.143. The van der Waals surface area contributed by atoms with E-state index in [0.717, 1.165) is 0 Å². The van der Waals surface area contributed by atoms with Gasteiger partial charge in [0, 0.05) is 13.0 Å². The molecule has 1 rings (SSSR count). The molecule has 23 heteroatoms. The van der Waals surface area contributed by atoms with Crippen LogP contribution in [0.4, 0.5) is 0 Å². The third kappa shape index (κ3) is 20.6. The molecule has 1 aromatic carbocycles. The van der Waals surface area contributed by atoms with Crippen LogP contribution in [-0.4, -0.2) is 148 Å². The fourth-order valence-electron chi connectivity index (χ4n) is 6.25. The number of carboxylic acid groups (broad SMARTS) is 1. The van der Waals surface area contributed by atoms with Crippen LogP contribution in [0.1, 0.15) is 79.7 Å². The summed E-state index contributed by atoms with van der Waals surface area (Å²) >= 11 is 0. The van der Waals surface area contributed by atoms with Crippen molar-refractivity contribution in [2.75, 3.05) is 19.7 Å². The van der Waals surface area contributed by atoms with Crippen molar-refractivity contribution in [3.8, 4) is 0 Å². The number of aliphatic hydroxyl groups excluding tert-OH is 3. The zero-order valence-corrected chi connectivity index (χ0v) is 38.2. The number of hydrogen-bond donors (Lipinski definition) is 15. The number of nitrogens with one attached hydrogen (secondary N) is 9. The van der Waals surface area contributed by atoms with E-state index < -0.39 is 121 Å². The van der Waals surface area contributed by atoms with E-state index in [1.54, 1.807) is 58.0 Å². The van der Waals surface area contributed by atoms with Crippen LogP contribution in [0.5, 0.6) is 0 Å². The largest absolute Gasteiger partial charge is 0.480 e. The van der Waals surface area contributed by atoms with Crippen LogP contribution in [0.25, 0.3) is 0 Å². The standard InChI is InChI=1S/C42H71N11O12/c1-8-23(6)32(52-35(58)26(15-12-16-46-42(44)45)49-36(59)27(17-21(2)3)50-38(61)31(43)34(57)22(4)5)40(63)53-33(24(7)55)39(62)47-19-30(56)48-28(18-25-13-10-9-11-14-25)37(60)51-29(20-54)41(64)65/h9-11,13-14,21-24,26-29,31-34,54-55,57H,8,12,15-20,43H2,1-7H3,(H,47,62)(H,48,56)(H,49,59)(H,50,61)(H,51,60)(H,52,58)(H,53,63)(H,64,65)(H4,44,45,46)/t23-,24-,26+,27-,28-,29-,31-,32-,33-,34+/m0/s1. The van der Waals surface area contributed by atoms with Gasteiger partial charge in [-0.05, 0) is 49.5 Å². The Morgan fingerprint density at radius 3 is 1.77 bits per heavy atom. The first-order valence-electron chi connectivity index (χ1n) is 21.6. The van der Waals surface area contributed by atoms with Gasteiger partial charge in [0.1, 0.15) is 42.3 Å². The van der Waals surface area contributed by atoms with Crippen LogP contribution < -0.4 is 54.0 Å². The molecule has 23 nitrogen and oxygen atoms in total. The third-order valence-corrected chi connectivity index (χ3v) is 10.3. The maximum Gasteiger partial charge on any atom is 0.328 e. The zero-order chi connectivity index (χ0) is 49.6. The van der Waals surface area contributed by atoms with Gasteiger partial charge in [0.2, 0.25) is 41.4 Å². The average molecular weight is 922 g/mol. The fraction of sp³-hybridized carbons (Fsp3) is 0.643. The van der Waals surface area contributed by atoms with Crippen LogP contribution in [0.2, 0.25) is 0 Å². The Morgan fingerprint density at radius 1 is 0.692 bits per heavy atom. The third-order valence-electron chi connectivity index (χ3n) is 10.3. The minimum Gasteiger partial charge on any atom is -0.480 e. The molecule has 0 aromatic heterocycles. The monoisotopic (exact) mass is 922 g/mol. The molecule has 0 fully saturated rings. The van der Waals surface area contributed by atoms with Crippen molar-refractivity contribution < 1.29 is 58.8 Å². The molecule has 0 aliphatic rings. The lowest BCUT2D eigenvalue weighted by Crippen LogP contribution is -2.62. The zero-order valence-electron chi connectivity index (χ0n) is 38.2. The van der Waals surface area contributed by atoms with E-state index in [-0.39, 0.29) is 50.0 Å². The quantitative estimate of drug-likeness (QED) is 0.0210. The van der Waals surface area contributed by atoms with Crippen molar-refractivity contribution in [1.82, 2.24) is 42.5 Å². The Hall–Kier alpha value is -5.91. The molecule has 0 aliphatic carbocycles. The number of guanidine groups is 1. The number of aliphatic carboxylic acids is 1. The molecule has 0 aliphatic heterocycles. The van der Waals surface area contributed by atoms with Crippen molar-refractivity contribution in [3.05, 3.63) is 35.9 Å². The van der Waals surface area contributed by atoms with Crippen LogP contribution >= 0.6 is 0 Å². The van der Waals surface area contributed by atoms with Gasteiger partial charge in [-0.2, -0.15) is 0 Å². The van der Waals surface area contributed by atoms with E-state index in [0.29, 0.717) is 12.0 Å². The summed E-state index contributed by atoms with van der Waals surface area (Å²) in [5.41, 5.74) is 12.0. The molecular formula is C42H71N11O12. The van der Waals surface area contributed by atoms with Crippen molar-refractivity contribution in [1.29, 1.82) is 5.41 Å². The second-order valence-electron chi connectivity index (χ2n) is 16.7. The van der Waals surface area contributed by atoms with Gasteiger partial charge in [-0.25, -0.2) is 4.79 Å². The van der Waals surface area contributed by atoms with E-state index in [2.05, 4.69) is 42.5 Å². The Kier molecular flexibility index (Phi) is 25.3. The molecule has 0 heterocycles. The van der Waals surface area contributed by atoms with E-state index in [4.69, 9.17) is 16.9 Å².